The monoisotopic (exact) mass is 417 g/mol. The molecule has 3 heterocycles. The van der Waals surface area contributed by atoms with E-state index in [1.807, 2.05) is 19.9 Å². The van der Waals surface area contributed by atoms with Crippen LogP contribution in [0.25, 0.3) is 10.3 Å². The number of pyridine rings is 1. The summed E-state index contributed by atoms with van der Waals surface area (Å²) in [5.41, 5.74) is 2.25. The van der Waals surface area contributed by atoms with Crippen LogP contribution in [0, 0.1) is 18.6 Å². The van der Waals surface area contributed by atoms with Crippen molar-refractivity contribution in [3.05, 3.63) is 53.2 Å². The lowest BCUT2D eigenvalue weighted by Gasteiger charge is -2.38. The molecule has 1 aromatic carbocycles. The maximum atomic E-state index is 14.1. The van der Waals surface area contributed by atoms with E-state index < -0.39 is 11.6 Å². The quantitative estimate of drug-likeness (QED) is 0.694. The minimum Gasteiger partial charge on any atom is -0.322 e. The fourth-order valence-electron chi connectivity index (χ4n) is 3.50. The molecule has 1 unspecified atom stereocenters. The highest BCUT2D eigenvalue weighted by molar-refractivity contribution is 7.21. The Kier molecular flexibility index (Phi) is 5.42. The highest BCUT2D eigenvalue weighted by atomic mass is 32.1. The number of anilines is 1. The molecular weight excluding hydrogens is 396 g/mol. The van der Waals surface area contributed by atoms with Crippen LogP contribution in [0.5, 0.6) is 0 Å². The second kappa shape index (κ2) is 8.00. The summed E-state index contributed by atoms with van der Waals surface area (Å²) < 4.78 is 27.2. The molecule has 152 valence electrons. The number of aromatic nitrogens is 2. The molecule has 1 saturated heterocycles. The standard InChI is InChI=1S/C20H21F2N5OS/c1-12-9-17-18(23-11-12)29-19(24-17)25-20(28)27-7-5-26(6-8-27)13(2)15-4-3-14(21)10-16(15)22/h3-4,9-11,13H,5-8H2,1-2H3,(H,24,25,28). The summed E-state index contributed by atoms with van der Waals surface area (Å²) in [4.78, 5) is 25.9. The largest absolute Gasteiger partial charge is 0.323 e. The van der Waals surface area contributed by atoms with Gasteiger partial charge in [-0.2, -0.15) is 0 Å². The number of urea groups is 1. The number of hydrogen-bond donors (Lipinski definition) is 1. The molecule has 29 heavy (non-hydrogen) atoms. The zero-order valence-electron chi connectivity index (χ0n) is 16.2. The van der Waals surface area contributed by atoms with Gasteiger partial charge in [-0.05, 0) is 31.5 Å². The fourth-order valence-corrected chi connectivity index (χ4v) is 4.28. The van der Waals surface area contributed by atoms with E-state index >= 15 is 0 Å². The third-order valence-corrected chi connectivity index (χ3v) is 6.05. The highest BCUT2D eigenvalue weighted by Gasteiger charge is 2.26. The normalized spacial score (nSPS) is 16.2. The minimum atomic E-state index is -0.583. The van der Waals surface area contributed by atoms with E-state index in [9.17, 15) is 13.6 Å². The molecule has 1 fully saturated rings. The lowest BCUT2D eigenvalue weighted by molar-refractivity contribution is 0.118. The van der Waals surface area contributed by atoms with E-state index in [0.717, 1.165) is 22.0 Å². The number of amides is 2. The Morgan fingerprint density at radius 1 is 1.21 bits per heavy atom. The number of nitrogens with zero attached hydrogens (tertiary/aromatic N) is 4. The minimum absolute atomic E-state index is 0.195. The molecule has 0 saturated carbocycles. The van der Waals surface area contributed by atoms with Gasteiger partial charge in [-0.25, -0.2) is 23.5 Å². The lowest BCUT2D eigenvalue weighted by atomic mass is 10.1. The van der Waals surface area contributed by atoms with Crippen molar-refractivity contribution in [2.75, 3.05) is 31.5 Å². The van der Waals surface area contributed by atoms with Crippen molar-refractivity contribution in [2.24, 2.45) is 0 Å². The van der Waals surface area contributed by atoms with Crippen LogP contribution < -0.4 is 5.32 Å². The maximum absolute atomic E-state index is 14.1. The molecule has 1 N–H and O–H groups in total. The highest BCUT2D eigenvalue weighted by Crippen LogP contribution is 2.26. The van der Waals surface area contributed by atoms with E-state index in [4.69, 9.17) is 0 Å². The van der Waals surface area contributed by atoms with Crippen molar-refractivity contribution in [3.63, 3.8) is 0 Å². The van der Waals surface area contributed by atoms with Gasteiger partial charge in [0.25, 0.3) is 0 Å². The third-order valence-electron chi connectivity index (χ3n) is 5.16. The van der Waals surface area contributed by atoms with Crippen LogP contribution in [0.2, 0.25) is 0 Å². The van der Waals surface area contributed by atoms with Gasteiger partial charge < -0.3 is 4.90 Å². The lowest BCUT2D eigenvalue weighted by Crippen LogP contribution is -2.50. The summed E-state index contributed by atoms with van der Waals surface area (Å²) in [6, 6.07) is 5.19. The molecule has 3 aromatic rings. The van der Waals surface area contributed by atoms with Crippen LogP contribution in [-0.2, 0) is 0 Å². The fraction of sp³-hybridized carbons (Fsp3) is 0.350. The number of fused-ring (bicyclic) bond motifs is 1. The molecule has 0 radical (unpaired) electrons. The summed E-state index contributed by atoms with van der Waals surface area (Å²) in [5, 5.41) is 3.37. The Morgan fingerprint density at radius 2 is 1.97 bits per heavy atom. The van der Waals surface area contributed by atoms with Gasteiger partial charge in [0, 0.05) is 50.0 Å². The van der Waals surface area contributed by atoms with Crippen molar-refractivity contribution in [1.82, 2.24) is 19.8 Å². The molecule has 1 aliphatic heterocycles. The first kappa shape index (κ1) is 19.7. The molecule has 0 bridgehead atoms. The first-order valence-electron chi connectivity index (χ1n) is 9.39. The van der Waals surface area contributed by atoms with Crippen LogP contribution in [0.3, 0.4) is 0 Å². The number of rotatable bonds is 3. The number of carbonyl (C=O) groups excluding carboxylic acids is 1. The zero-order valence-corrected chi connectivity index (χ0v) is 17.0. The average molecular weight is 417 g/mol. The number of piperazine rings is 1. The van der Waals surface area contributed by atoms with Crippen LogP contribution in [-0.4, -0.2) is 52.0 Å². The van der Waals surface area contributed by atoms with Gasteiger partial charge in [0.2, 0.25) is 0 Å². The smallest absolute Gasteiger partial charge is 0.322 e. The molecule has 0 spiro atoms. The van der Waals surface area contributed by atoms with Gasteiger partial charge in [-0.1, -0.05) is 17.4 Å². The topological polar surface area (TPSA) is 61.4 Å². The molecule has 2 amide bonds. The van der Waals surface area contributed by atoms with Crippen LogP contribution in [0.15, 0.2) is 30.5 Å². The first-order valence-corrected chi connectivity index (χ1v) is 10.2. The van der Waals surface area contributed by atoms with E-state index in [1.54, 1.807) is 11.1 Å². The number of benzene rings is 1. The number of carbonyl (C=O) groups is 1. The van der Waals surface area contributed by atoms with E-state index in [2.05, 4.69) is 20.2 Å². The summed E-state index contributed by atoms with van der Waals surface area (Å²) >= 11 is 1.34. The van der Waals surface area contributed by atoms with E-state index in [-0.39, 0.29) is 12.1 Å². The summed E-state index contributed by atoms with van der Waals surface area (Å²) in [6.45, 7) is 6.07. The molecule has 4 rings (SSSR count). The molecule has 1 aliphatic rings. The molecule has 1 atom stereocenters. The van der Waals surface area contributed by atoms with Crippen molar-refractivity contribution >= 4 is 32.8 Å². The van der Waals surface area contributed by atoms with Crippen molar-refractivity contribution in [2.45, 2.75) is 19.9 Å². The Balaban J connectivity index is 1.36. The van der Waals surface area contributed by atoms with Gasteiger partial charge in [0.15, 0.2) is 5.13 Å². The zero-order chi connectivity index (χ0) is 20.5. The van der Waals surface area contributed by atoms with E-state index in [1.165, 1.54) is 23.5 Å². The Bertz CT molecular complexity index is 1050. The third kappa shape index (κ3) is 4.20. The summed E-state index contributed by atoms with van der Waals surface area (Å²) in [7, 11) is 0. The average Bonchev–Trinajstić information content (AvgIpc) is 3.09. The number of halogens is 2. The summed E-state index contributed by atoms with van der Waals surface area (Å²) in [6.07, 6.45) is 1.77. The predicted octanol–water partition coefficient (Wildman–Crippen LogP) is 4.19. The van der Waals surface area contributed by atoms with Crippen molar-refractivity contribution in [1.29, 1.82) is 0 Å². The Labute approximate surface area is 171 Å². The molecule has 9 heteroatoms. The van der Waals surface area contributed by atoms with Crippen LogP contribution >= 0.6 is 11.3 Å². The van der Waals surface area contributed by atoms with Gasteiger partial charge in [-0.15, -0.1) is 0 Å². The number of nitrogens with one attached hydrogen (secondary N) is 1. The van der Waals surface area contributed by atoms with Gasteiger partial charge in [0.05, 0.1) is 0 Å². The van der Waals surface area contributed by atoms with Gasteiger partial charge in [-0.3, -0.25) is 10.2 Å². The molecule has 2 aromatic heterocycles. The maximum Gasteiger partial charge on any atom is 0.323 e. The summed E-state index contributed by atoms with van der Waals surface area (Å²) in [5.74, 6) is -1.13. The first-order chi connectivity index (χ1) is 13.9. The van der Waals surface area contributed by atoms with Gasteiger partial charge in [0.1, 0.15) is 22.0 Å². The van der Waals surface area contributed by atoms with Crippen molar-refractivity contribution < 1.29 is 13.6 Å². The number of hydrogen-bond acceptors (Lipinski definition) is 5. The van der Waals surface area contributed by atoms with E-state index in [0.29, 0.717) is 36.9 Å². The van der Waals surface area contributed by atoms with Crippen molar-refractivity contribution in [3.8, 4) is 0 Å². The Hall–Kier alpha value is -2.65. The molecule has 6 nitrogen and oxygen atoms in total. The number of aryl methyl sites for hydroxylation is 1. The molecule has 0 aliphatic carbocycles. The SMILES string of the molecule is Cc1cnc2sc(NC(=O)N3CCN(C(C)c4ccc(F)cc4F)CC3)nc2c1. The Morgan fingerprint density at radius 3 is 2.69 bits per heavy atom. The van der Waals surface area contributed by atoms with Crippen LogP contribution in [0.4, 0.5) is 18.7 Å². The predicted molar refractivity (Wildman–Crippen MR) is 109 cm³/mol. The number of thiazole rings is 1. The second-order valence-corrected chi connectivity index (χ2v) is 8.13. The second-order valence-electron chi connectivity index (χ2n) is 7.15. The van der Waals surface area contributed by atoms with Crippen LogP contribution in [0.1, 0.15) is 24.1 Å². The molecular formula is C20H21F2N5OS. The van der Waals surface area contributed by atoms with Gasteiger partial charge >= 0.3 is 6.03 Å².